The Morgan fingerprint density at radius 2 is 1.57 bits per heavy atom. The molecule has 0 amide bonds. The largest absolute Gasteiger partial charge is 0.478 e. The third-order valence-corrected chi connectivity index (χ3v) is 4.43. The molecule has 0 aliphatic carbocycles. The van der Waals surface area contributed by atoms with Crippen LogP contribution >= 0.6 is 31.9 Å². The maximum atomic E-state index is 10.4. The van der Waals surface area contributed by atoms with Gasteiger partial charge in [-0.05, 0) is 49.2 Å². The minimum absolute atomic E-state index is 0.308. The fourth-order valence-electron chi connectivity index (χ4n) is 1.39. The number of benzene rings is 2. The van der Waals surface area contributed by atoms with Gasteiger partial charge in [-0.2, -0.15) is 5.26 Å². The van der Waals surface area contributed by atoms with E-state index in [4.69, 9.17) is 10.4 Å². The molecule has 2 aromatic carbocycles. The van der Waals surface area contributed by atoms with Gasteiger partial charge < -0.3 is 5.11 Å². The van der Waals surface area contributed by atoms with Crippen LogP contribution in [0.4, 0.5) is 0 Å². The highest BCUT2D eigenvalue weighted by atomic mass is 79.9. The van der Waals surface area contributed by atoms with Gasteiger partial charge in [-0.1, -0.05) is 44.0 Å². The molecule has 0 bridgehead atoms. The molecule has 0 aliphatic rings. The number of aryl methyl sites for hydroxylation is 2. The summed E-state index contributed by atoms with van der Waals surface area (Å²) in [5.41, 5.74) is 3.19. The van der Waals surface area contributed by atoms with Crippen molar-refractivity contribution in [3.8, 4) is 6.07 Å². The molecule has 0 spiro atoms. The Balaban J connectivity index is 0.000000211. The van der Waals surface area contributed by atoms with Crippen molar-refractivity contribution >= 4 is 37.8 Å². The van der Waals surface area contributed by atoms with E-state index in [0.29, 0.717) is 11.1 Å². The molecule has 0 saturated heterocycles. The molecule has 0 heterocycles. The van der Waals surface area contributed by atoms with Crippen molar-refractivity contribution in [3.05, 3.63) is 67.6 Å². The first-order valence-electron chi connectivity index (χ1n) is 6.01. The van der Waals surface area contributed by atoms with Crippen LogP contribution in [0.1, 0.15) is 27.0 Å². The zero-order valence-corrected chi connectivity index (χ0v) is 14.7. The number of rotatable bonds is 1. The van der Waals surface area contributed by atoms with Gasteiger partial charge in [-0.15, -0.1) is 0 Å². The van der Waals surface area contributed by atoms with Crippen LogP contribution < -0.4 is 0 Å². The van der Waals surface area contributed by atoms with Crippen LogP contribution in [0.2, 0.25) is 0 Å². The Morgan fingerprint density at radius 1 is 1.05 bits per heavy atom. The number of carboxylic acids is 1. The normalized spacial score (nSPS) is 9.29. The maximum Gasteiger partial charge on any atom is 0.335 e. The van der Waals surface area contributed by atoms with Crippen LogP contribution in [-0.2, 0) is 0 Å². The fraction of sp³-hybridized carbons (Fsp3) is 0.125. The lowest BCUT2D eigenvalue weighted by atomic mass is 10.2. The van der Waals surface area contributed by atoms with E-state index >= 15 is 0 Å². The van der Waals surface area contributed by atoms with E-state index in [1.165, 1.54) is 0 Å². The second-order valence-corrected chi connectivity index (χ2v) is 6.05. The summed E-state index contributed by atoms with van der Waals surface area (Å²) in [6, 6.07) is 12.6. The first-order valence-corrected chi connectivity index (χ1v) is 7.59. The maximum absolute atomic E-state index is 10.4. The molecule has 2 aromatic rings. The number of hydrogen-bond acceptors (Lipinski definition) is 2. The monoisotopic (exact) mass is 409 g/mol. The van der Waals surface area contributed by atoms with Gasteiger partial charge in [0.25, 0.3) is 0 Å². The molecule has 0 aliphatic heterocycles. The van der Waals surface area contributed by atoms with E-state index < -0.39 is 5.97 Å². The minimum atomic E-state index is -0.897. The van der Waals surface area contributed by atoms with Crippen molar-refractivity contribution in [2.75, 3.05) is 0 Å². The lowest BCUT2D eigenvalue weighted by molar-refractivity contribution is 0.0697. The van der Waals surface area contributed by atoms with E-state index in [1.807, 2.05) is 26.0 Å². The molecule has 0 aromatic heterocycles. The van der Waals surface area contributed by atoms with Crippen molar-refractivity contribution in [2.24, 2.45) is 0 Å². The lowest BCUT2D eigenvalue weighted by Gasteiger charge is -1.98. The zero-order valence-electron chi connectivity index (χ0n) is 11.5. The smallest absolute Gasteiger partial charge is 0.335 e. The molecule has 21 heavy (non-hydrogen) atoms. The Hall–Kier alpha value is -1.64. The van der Waals surface area contributed by atoms with E-state index in [2.05, 4.69) is 37.9 Å². The highest BCUT2D eigenvalue weighted by Gasteiger charge is 2.03. The molecule has 5 heteroatoms. The second-order valence-electron chi connectivity index (χ2n) is 4.34. The van der Waals surface area contributed by atoms with Crippen LogP contribution in [0.5, 0.6) is 0 Å². The Labute approximate surface area is 140 Å². The summed E-state index contributed by atoms with van der Waals surface area (Å²) in [4.78, 5) is 10.4. The van der Waals surface area contributed by atoms with E-state index in [-0.39, 0.29) is 0 Å². The second kappa shape index (κ2) is 7.96. The number of halogens is 2. The number of carboxylic acid groups (broad SMARTS) is 1. The predicted octanol–water partition coefficient (Wildman–Crippen LogP) is 5.08. The molecular weight excluding hydrogens is 398 g/mol. The average Bonchev–Trinajstić information content (AvgIpc) is 2.45. The molecule has 0 atom stereocenters. The van der Waals surface area contributed by atoms with Gasteiger partial charge in [0.2, 0.25) is 0 Å². The van der Waals surface area contributed by atoms with Crippen LogP contribution in [0.15, 0.2) is 45.3 Å². The fourth-order valence-corrected chi connectivity index (χ4v) is 2.15. The van der Waals surface area contributed by atoms with Gasteiger partial charge >= 0.3 is 5.97 Å². The third kappa shape index (κ3) is 5.33. The first-order chi connectivity index (χ1) is 9.85. The molecule has 0 saturated carbocycles. The number of nitriles is 1. The minimum Gasteiger partial charge on any atom is -0.478 e. The van der Waals surface area contributed by atoms with E-state index in [0.717, 1.165) is 20.1 Å². The first kappa shape index (κ1) is 17.4. The van der Waals surface area contributed by atoms with Crippen LogP contribution in [0.3, 0.4) is 0 Å². The highest BCUT2D eigenvalue weighted by molar-refractivity contribution is 9.10. The number of carbonyl (C=O) groups is 1. The average molecular weight is 411 g/mol. The Morgan fingerprint density at radius 3 is 2.00 bits per heavy atom. The Kier molecular flexibility index (Phi) is 6.60. The lowest BCUT2D eigenvalue weighted by Crippen LogP contribution is -1.95. The molecule has 1 N–H and O–H groups in total. The van der Waals surface area contributed by atoms with Crippen LogP contribution in [0, 0.1) is 25.2 Å². The highest BCUT2D eigenvalue weighted by Crippen LogP contribution is 2.17. The van der Waals surface area contributed by atoms with Crippen LogP contribution in [0.25, 0.3) is 0 Å². The van der Waals surface area contributed by atoms with Gasteiger partial charge in [0.15, 0.2) is 0 Å². The number of aromatic carboxylic acids is 1. The third-order valence-electron chi connectivity index (χ3n) is 2.72. The van der Waals surface area contributed by atoms with Gasteiger partial charge in [0, 0.05) is 8.95 Å². The summed E-state index contributed by atoms with van der Waals surface area (Å²) in [7, 11) is 0. The summed E-state index contributed by atoms with van der Waals surface area (Å²) in [6.45, 7) is 3.90. The quantitative estimate of drug-likeness (QED) is 0.712. The topological polar surface area (TPSA) is 61.1 Å². The molecule has 2 rings (SSSR count). The number of hydrogen-bond donors (Lipinski definition) is 1. The molecule has 108 valence electrons. The molecule has 0 fully saturated rings. The van der Waals surface area contributed by atoms with E-state index in [1.54, 1.807) is 24.3 Å². The van der Waals surface area contributed by atoms with Crippen LogP contribution in [-0.4, -0.2) is 11.1 Å². The number of nitrogens with zero attached hydrogens (tertiary/aromatic N) is 1. The summed E-state index contributed by atoms with van der Waals surface area (Å²) < 4.78 is 1.82. The summed E-state index contributed by atoms with van der Waals surface area (Å²) in [5, 5.41) is 17.1. The molecule has 0 radical (unpaired) electrons. The van der Waals surface area contributed by atoms with Gasteiger partial charge in [-0.3, -0.25) is 0 Å². The van der Waals surface area contributed by atoms with Gasteiger partial charge in [0.1, 0.15) is 0 Å². The molecular formula is C16H13Br2NO2. The Bertz CT molecular complexity index is 706. The zero-order chi connectivity index (χ0) is 16.0. The van der Waals surface area contributed by atoms with E-state index in [9.17, 15) is 4.79 Å². The molecule has 0 unspecified atom stereocenters. The summed E-state index contributed by atoms with van der Waals surface area (Å²) in [5.74, 6) is -0.897. The van der Waals surface area contributed by atoms with Crippen molar-refractivity contribution in [1.29, 1.82) is 5.26 Å². The molecule has 3 nitrogen and oxygen atoms in total. The summed E-state index contributed by atoms with van der Waals surface area (Å²) in [6.07, 6.45) is 0. The van der Waals surface area contributed by atoms with Crippen molar-refractivity contribution in [1.82, 2.24) is 0 Å². The van der Waals surface area contributed by atoms with Crippen molar-refractivity contribution in [2.45, 2.75) is 13.8 Å². The predicted molar refractivity (Wildman–Crippen MR) is 89.4 cm³/mol. The SMILES string of the molecule is Cc1ccc(C#N)cc1Br.Cc1ccc(C(=O)O)cc1Br. The van der Waals surface area contributed by atoms with Crippen molar-refractivity contribution < 1.29 is 9.90 Å². The van der Waals surface area contributed by atoms with Crippen molar-refractivity contribution in [3.63, 3.8) is 0 Å². The summed E-state index contributed by atoms with van der Waals surface area (Å²) >= 11 is 6.59. The van der Waals surface area contributed by atoms with Gasteiger partial charge in [-0.25, -0.2) is 4.79 Å². The van der Waals surface area contributed by atoms with Gasteiger partial charge in [0.05, 0.1) is 17.2 Å². The standard InChI is InChI=1S/C8H6BrN.C8H7BrO2/c1-6-2-3-7(5-10)4-8(6)9;1-5-2-3-6(8(10)11)4-7(5)9/h2-4H,1H3;2-4H,1H3,(H,10,11).